The van der Waals surface area contributed by atoms with Crippen LogP contribution in [0, 0.1) is 11.6 Å². The predicted octanol–water partition coefficient (Wildman–Crippen LogP) is 2.80. The minimum Gasteiger partial charge on any atom is -0.340 e. The van der Waals surface area contributed by atoms with Crippen molar-refractivity contribution in [2.24, 2.45) is 5.73 Å². The molecule has 3 heterocycles. The standard InChI is InChI=1S/C22H25F3N6O/c1-13(18-5-3-4-7-27-18)29(2)21(32)12-31-20-10-16(25)15(24)9-19(20)28-22(31)30-8-6-14(23)17(26)11-30/h3-5,7,9-10,13-14,17H,6,8,11-12,26H2,1-2H3/t13-,14+,17+/m0/s1. The van der Waals surface area contributed by atoms with Gasteiger partial charge in [0.25, 0.3) is 0 Å². The lowest BCUT2D eigenvalue weighted by atomic mass is 10.1. The second kappa shape index (κ2) is 8.78. The zero-order chi connectivity index (χ0) is 23.0. The zero-order valence-electron chi connectivity index (χ0n) is 17.9. The molecule has 4 rings (SSSR count). The highest BCUT2D eigenvalue weighted by molar-refractivity contribution is 5.83. The number of piperidine rings is 1. The first kappa shape index (κ1) is 22.1. The summed E-state index contributed by atoms with van der Waals surface area (Å²) in [7, 11) is 1.66. The molecule has 7 nitrogen and oxygen atoms in total. The number of aromatic nitrogens is 3. The number of nitrogens with zero attached hydrogens (tertiary/aromatic N) is 5. The van der Waals surface area contributed by atoms with Crippen molar-refractivity contribution >= 4 is 22.9 Å². The summed E-state index contributed by atoms with van der Waals surface area (Å²) >= 11 is 0. The number of likely N-dealkylation sites (N-methyl/N-ethyl adjacent to an activating group) is 1. The number of halogens is 3. The van der Waals surface area contributed by atoms with E-state index in [0.717, 1.165) is 17.8 Å². The molecule has 1 aliphatic rings. The number of fused-ring (bicyclic) bond motifs is 1. The van der Waals surface area contributed by atoms with Gasteiger partial charge in [-0.15, -0.1) is 0 Å². The molecule has 1 aliphatic heterocycles. The van der Waals surface area contributed by atoms with Crippen molar-refractivity contribution in [2.75, 3.05) is 25.0 Å². The summed E-state index contributed by atoms with van der Waals surface area (Å²) < 4.78 is 43.3. The number of carbonyl (C=O) groups is 1. The molecule has 170 valence electrons. The Labute approximate surface area is 183 Å². The number of hydrogen-bond donors (Lipinski definition) is 1. The number of hydrogen-bond acceptors (Lipinski definition) is 5. The summed E-state index contributed by atoms with van der Waals surface area (Å²) in [4.78, 5) is 25.2. The van der Waals surface area contributed by atoms with Gasteiger partial charge in [0.1, 0.15) is 12.7 Å². The van der Waals surface area contributed by atoms with Gasteiger partial charge in [-0.3, -0.25) is 9.78 Å². The highest BCUT2D eigenvalue weighted by Crippen LogP contribution is 2.28. The van der Waals surface area contributed by atoms with Crippen molar-refractivity contribution in [3.8, 4) is 0 Å². The number of pyridine rings is 1. The molecule has 0 radical (unpaired) electrons. The van der Waals surface area contributed by atoms with Gasteiger partial charge in [-0.25, -0.2) is 18.2 Å². The van der Waals surface area contributed by atoms with Gasteiger partial charge in [-0.05, 0) is 25.5 Å². The van der Waals surface area contributed by atoms with Crippen LogP contribution in [0.2, 0.25) is 0 Å². The average molecular weight is 446 g/mol. The van der Waals surface area contributed by atoms with E-state index in [4.69, 9.17) is 5.73 Å². The van der Waals surface area contributed by atoms with Crippen molar-refractivity contribution in [1.82, 2.24) is 19.4 Å². The Balaban J connectivity index is 1.68. The van der Waals surface area contributed by atoms with E-state index < -0.39 is 23.8 Å². The topological polar surface area (TPSA) is 80.3 Å². The van der Waals surface area contributed by atoms with Crippen LogP contribution in [0.4, 0.5) is 19.1 Å². The van der Waals surface area contributed by atoms with Gasteiger partial charge in [-0.1, -0.05) is 6.07 Å². The second-order valence-electron chi connectivity index (χ2n) is 8.10. The number of carbonyl (C=O) groups excluding carboxylic acids is 1. The van der Waals surface area contributed by atoms with E-state index in [1.165, 1.54) is 9.47 Å². The van der Waals surface area contributed by atoms with Gasteiger partial charge in [0.15, 0.2) is 11.6 Å². The van der Waals surface area contributed by atoms with Gasteiger partial charge in [-0.2, -0.15) is 0 Å². The van der Waals surface area contributed by atoms with Crippen LogP contribution >= 0.6 is 0 Å². The fraction of sp³-hybridized carbons (Fsp3) is 0.409. The van der Waals surface area contributed by atoms with E-state index >= 15 is 0 Å². The second-order valence-corrected chi connectivity index (χ2v) is 8.10. The molecule has 1 fully saturated rings. The zero-order valence-corrected chi connectivity index (χ0v) is 17.9. The van der Waals surface area contributed by atoms with Crippen LogP contribution in [-0.2, 0) is 11.3 Å². The first-order valence-electron chi connectivity index (χ1n) is 10.4. The van der Waals surface area contributed by atoms with Crippen molar-refractivity contribution in [1.29, 1.82) is 0 Å². The average Bonchev–Trinajstić information content (AvgIpc) is 3.12. The van der Waals surface area contributed by atoms with Crippen LogP contribution < -0.4 is 10.6 Å². The quantitative estimate of drug-likeness (QED) is 0.652. The molecule has 0 bridgehead atoms. The van der Waals surface area contributed by atoms with E-state index in [1.54, 1.807) is 24.2 Å². The van der Waals surface area contributed by atoms with Gasteiger partial charge < -0.3 is 20.1 Å². The van der Waals surface area contributed by atoms with Gasteiger partial charge in [0.2, 0.25) is 11.9 Å². The summed E-state index contributed by atoms with van der Waals surface area (Å²) in [6.45, 7) is 2.21. The van der Waals surface area contributed by atoms with Crippen LogP contribution in [0.1, 0.15) is 25.1 Å². The van der Waals surface area contributed by atoms with Gasteiger partial charge >= 0.3 is 0 Å². The first-order valence-corrected chi connectivity index (χ1v) is 10.4. The number of imidazole rings is 1. The van der Waals surface area contributed by atoms with Crippen LogP contribution in [-0.4, -0.2) is 57.7 Å². The molecule has 3 aromatic rings. The van der Waals surface area contributed by atoms with Crippen LogP contribution in [0.5, 0.6) is 0 Å². The molecule has 3 atom stereocenters. The summed E-state index contributed by atoms with van der Waals surface area (Å²) in [5.74, 6) is -2.00. The summed E-state index contributed by atoms with van der Waals surface area (Å²) in [6.07, 6.45) is 0.726. The molecule has 0 saturated carbocycles. The normalized spacial score (nSPS) is 19.9. The molecule has 0 spiro atoms. The lowest BCUT2D eigenvalue weighted by Gasteiger charge is -2.34. The van der Waals surface area contributed by atoms with Crippen LogP contribution in [0.25, 0.3) is 11.0 Å². The molecule has 1 amide bonds. The molecule has 1 saturated heterocycles. The Hall–Kier alpha value is -3.14. The lowest BCUT2D eigenvalue weighted by molar-refractivity contribution is -0.132. The van der Waals surface area contributed by atoms with E-state index in [1.807, 2.05) is 19.1 Å². The Morgan fingerprint density at radius 2 is 2.06 bits per heavy atom. The maximum atomic E-state index is 14.0. The molecule has 32 heavy (non-hydrogen) atoms. The third-order valence-electron chi connectivity index (χ3n) is 6.01. The highest BCUT2D eigenvalue weighted by atomic mass is 19.2. The van der Waals surface area contributed by atoms with Crippen LogP contribution in [0.15, 0.2) is 36.5 Å². The number of alkyl halides is 1. The van der Waals surface area contributed by atoms with Crippen molar-refractivity contribution in [3.63, 3.8) is 0 Å². The predicted molar refractivity (Wildman–Crippen MR) is 115 cm³/mol. The molecule has 1 aromatic carbocycles. The van der Waals surface area contributed by atoms with Gasteiger partial charge in [0, 0.05) is 38.5 Å². The Morgan fingerprint density at radius 1 is 1.31 bits per heavy atom. The molecule has 0 aliphatic carbocycles. The lowest BCUT2D eigenvalue weighted by Crippen LogP contribution is -2.50. The fourth-order valence-electron chi connectivity index (χ4n) is 3.92. The molecule has 2 aromatic heterocycles. The monoisotopic (exact) mass is 446 g/mol. The Morgan fingerprint density at radius 3 is 2.75 bits per heavy atom. The minimum absolute atomic E-state index is 0.157. The van der Waals surface area contributed by atoms with Crippen molar-refractivity contribution in [3.05, 3.63) is 53.9 Å². The third kappa shape index (κ3) is 4.14. The van der Waals surface area contributed by atoms with E-state index in [2.05, 4.69) is 9.97 Å². The maximum Gasteiger partial charge on any atom is 0.242 e. The van der Waals surface area contributed by atoms with Crippen molar-refractivity contribution in [2.45, 2.75) is 38.1 Å². The fourth-order valence-corrected chi connectivity index (χ4v) is 3.92. The summed E-state index contributed by atoms with van der Waals surface area (Å²) in [5.41, 5.74) is 7.11. The Bertz CT molecular complexity index is 1120. The minimum atomic E-state index is -1.13. The molecule has 10 heteroatoms. The number of anilines is 1. The van der Waals surface area contributed by atoms with Crippen LogP contribution in [0.3, 0.4) is 0 Å². The maximum absolute atomic E-state index is 14.0. The molecule has 0 unspecified atom stereocenters. The molecule has 2 N–H and O–H groups in total. The number of rotatable bonds is 5. The smallest absolute Gasteiger partial charge is 0.242 e. The number of nitrogens with two attached hydrogens (primary N) is 1. The molecular formula is C22H25F3N6O. The first-order chi connectivity index (χ1) is 15.3. The molecular weight excluding hydrogens is 421 g/mol. The largest absolute Gasteiger partial charge is 0.340 e. The Kier molecular flexibility index (Phi) is 6.05. The van der Waals surface area contributed by atoms with E-state index in [-0.39, 0.29) is 42.5 Å². The highest BCUT2D eigenvalue weighted by Gasteiger charge is 2.30. The number of amides is 1. The number of benzene rings is 1. The van der Waals surface area contributed by atoms with Crippen molar-refractivity contribution < 1.29 is 18.0 Å². The third-order valence-corrected chi connectivity index (χ3v) is 6.01. The van der Waals surface area contributed by atoms with E-state index in [0.29, 0.717) is 12.5 Å². The summed E-state index contributed by atoms with van der Waals surface area (Å²) in [5, 5.41) is 0. The van der Waals surface area contributed by atoms with Gasteiger partial charge in [0.05, 0.1) is 28.8 Å². The summed E-state index contributed by atoms with van der Waals surface area (Å²) in [6, 6.07) is 6.47. The SMILES string of the molecule is C[C@@H](c1ccccn1)N(C)C(=O)Cn1c(N2CC[C@@H](F)[C@H](N)C2)nc2cc(F)c(F)cc21. The van der Waals surface area contributed by atoms with E-state index in [9.17, 15) is 18.0 Å².